The molecule has 2 N–H and O–H groups in total. The number of benzene rings is 1. The second kappa shape index (κ2) is 3.76. The van der Waals surface area contributed by atoms with Crippen molar-refractivity contribution in [2.75, 3.05) is 6.54 Å². The molecule has 3 rings (SSSR count). The molecule has 0 saturated carbocycles. The molecule has 0 unspecified atom stereocenters. The van der Waals surface area contributed by atoms with Gasteiger partial charge in [0.15, 0.2) is 0 Å². The van der Waals surface area contributed by atoms with Gasteiger partial charge < -0.3 is 10.3 Å². The zero-order chi connectivity index (χ0) is 11.0. The lowest BCUT2D eigenvalue weighted by Gasteiger charge is -2.11. The molecule has 1 aliphatic heterocycles. The van der Waals surface area contributed by atoms with E-state index in [0.29, 0.717) is 5.56 Å². The molecule has 0 fully saturated rings. The van der Waals surface area contributed by atoms with Crippen molar-refractivity contribution in [1.29, 1.82) is 0 Å². The van der Waals surface area contributed by atoms with Crippen LogP contribution in [0, 0.1) is 5.82 Å². The summed E-state index contributed by atoms with van der Waals surface area (Å²) >= 11 is 0. The van der Waals surface area contributed by atoms with Crippen LogP contribution >= 0.6 is 0 Å². The molecule has 3 heteroatoms. The molecule has 0 spiro atoms. The summed E-state index contributed by atoms with van der Waals surface area (Å²) in [5.74, 6) is -0.172. The van der Waals surface area contributed by atoms with E-state index in [0.717, 1.165) is 25.2 Å². The molecule has 0 saturated heterocycles. The first-order valence-electron chi connectivity index (χ1n) is 5.51. The van der Waals surface area contributed by atoms with Crippen molar-refractivity contribution < 1.29 is 4.39 Å². The first-order valence-corrected chi connectivity index (χ1v) is 5.51. The quantitative estimate of drug-likeness (QED) is 0.753. The molecule has 16 heavy (non-hydrogen) atoms. The number of halogens is 1. The fraction of sp³-hybridized carbons (Fsp3) is 0.231. The minimum Gasteiger partial charge on any atom is -0.358 e. The largest absolute Gasteiger partial charge is 0.358 e. The average Bonchev–Trinajstić information content (AvgIpc) is 2.73. The lowest BCUT2D eigenvalue weighted by molar-refractivity contribution is 0.630. The molecular formula is C13H13FN2. The van der Waals surface area contributed by atoms with Crippen molar-refractivity contribution >= 4 is 0 Å². The Kier molecular flexibility index (Phi) is 2.26. The summed E-state index contributed by atoms with van der Waals surface area (Å²) in [6.45, 7) is 1.87. The first kappa shape index (κ1) is 9.60. The van der Waals surface area contributed by atoms with Gasteiger partial charge in [0.1, 0.15) is 5.82 Å². The number of hydrogen-bond acceptors (Lipinski definition) is 1. The maximum absolute atomic E-state index is 13.6. The van der Waals surface area contributed by atoms with Gasteiger partial charge in [-0.25, -0.2) is 4.39 Å². The zero-order valence-corrected chi connectivity index (χ0v) is 8.89. The lowest BCUT2D eigenvalue weighted by Crippen LogP contribution is -2.22. The number of aromatic amines is 1. The maximum Gasteiger partial charge on any atom is 0.132 e. The van der Waals surface area contributed by atoms with E-state index in [4.69, 9.17) is 0 Å². The van der Waals surface area contributed by atoms with Gasteiger partial charge >= 0.3 is 0 Å². The Morgan fingerprint density at radius 3 is 2.88 bits per heavy atom. The van der Waals surface area contributed by atoms with Gasteiger partial charge in [-0.05, 0) is 23.8 Å². The Morgan fingerprint density at radius 2 is 2.06 bits per heavy atom. The number of fused-ring (bicyclic) bond motifs is 1. The van der Waals surface area contributed by atoms with Crippen LogP contribution in [-0.4, -0.2) is 11.5 Å². The van der Waals surface area contributed by atoms with Crippen molar-refractivity contribution in [2.45, 2.75) is 13.0 Å². The molecule has 1 aromatic heterocycles. The van der Waals surface area contributed by atoms with Crippen LogP contribution in [-0.2, 0) is 13.0 Å². The van der Waals surface area contributed by atoms with Crippen molar-refractivity contribution in [1.82, 2.24) is 10.3 Å². The predicted octanol–water partition coefficient (Wildman–Crippen LogP) is 2.47. The van der Waals surface area contributed by atoms with Crippen LogP contribution in [0.1, 0.15) is 11.3 Å². The van der Waals surface area contributed by atoms with Gasteiger partial charge in [0.05, 0.1) is 0 Å². The Labute approximate surface area is 93.5 Å². The summed E-state index contributed by atoms with van der Waals surface area (Å²) in [6, 6.07) is 8.91. The van der Waals surface area contributed by atoms with Gasteiger partial charge in [-0.1, -0.05) is 12.1 Å². The summed E-state index contributed by atoms with van der Waals surface area (Å²) in [4.78, 5) is 3.31. The Morgan fingerprint density at radius 1 is 1.19 bits per heavy atom. The monoisotopic (exact) mass is 216 g/mol. The summed E-state index contributed by atoms with van der Waals surface area (Å²) in [5.41, 5.74) is 4.02. The molecule has 1 aliphatic rings. The van der Waals surface area contributed by atoms with Gasteiger partial charge in [-0.3, -0.25) is 0 Å². The van der Waals surface area contributed by atoms with E-state index in [2.05, 4.69) is 10.3 Å². The molecule has 2 heterocycles. The van der Waals surface area contributed by atoms with Crippen LogP contribution in [0.4, 0.5) is 4.39 Å². The van der Waals surface area contributed by atoms with Gasteiger partial charge in [0.25, 0.3) is 0 Å². The van der Waals surface area contributed by atoms with Crippen molar-refractivity contribution in [2.24, 2.45) is 0 Å². The minimum atomic E-state index is -0.172. The average molecular weight is 216 g/mol. The summed E-state index contributed by atoms with van der Waals surface area (Å²) in [5, 5.41) is 3.31. The third-order valence-electron chi connectivity index (χ3n) is 3.02. The van der Waals surface area contributed by atoms with Gasteiger partial charge in [-0.2, -0.15) is 0 Å². The smallest absolute Gasteiger partial charge is 0.132 e. The number of rotatable bonds is 1. The van der Waals surface area contributed by atoms with E-state index in [1.807, 2.05) is 12.1 Å². The highest BCUT2D eigenvalue weighted by molar-refractivity contribution is 5.62. The van der Waals surface area contributed by atoms with Gasteiger partial charge in [0, 0.05) is 36.5 Å². The molecule has 0 aliphatic carbocycles. The normalized spacial score (nSPS) is 14.8. The Balaban J connectivity index is 2.07. The number of hydrogen-bond donors (Lipinski definition) is 2. The molecule has 2 nitrogen and oxygen atoms in total. The zero-order valence-electron chi connectivity index (χ0n) is 8.89. The van der Waals surface area contributed by atoms with Gasteiger partial charge in [-0.15, -0.1) is 0 Å². The number of nitrogens with one attached hydrogen (secondary N) is 2. The molecule has 1 aromatic carbocycles. The second-order valence-corrected chi connectivity index (χ2v) is 4.09. The standard InChI is InChI=1S/C13H13FN2/c14-11-4-2-1-3-10(11)13-7-9-8-15-6-5-12(9)16-13/h1-4,7,15-16H,5-6,8H2. The summed E-state index contributed by atoms with van der Waals surface area (Å²) in [7, 11) is 0. The summed E-state index contributed by atoms with van der Waals surface area (Å²) < 4.78 is 13.6. The van der Waals surface area contributed by atoms with E-state index in [1.54, 1.807) is 12.1 Å². The van der Waals surface area contributed by atoms with E-state index in [1.165, 1.54) is 17.3 Å². The van der Waals surface area contributed by atoms with E-state index in [-0.39, 0.29) is 5.82 Å². The number of aromatic nitrogens is 1. The third kappa shape index (κ3) is 1.53. The van der Waals surface area contributed by atoms with Crippen LogP contribution < -0.4 is 5.32 Å². The van der Waals surface area contributed by atoms with Crippen molar-refractivity contribution in [3.63, 3.8) is 0 Å². The highest BCUT2D eigenvalue weighted by atomic mass is 19.1. The summed E-state index contributed by atoms with van der Waals surface area (Å²) in [6.07, 6.45) is 0.990. The highest BCUT2D eigenvalue weighted by Gasteiger charge is 2.14. The maximum atomic E-state index is 13.6. The van der Waals surface area contributed by atoms with Crippen LogP contribution in [0.25, 0.3) is 11.3 Å². The second-order valence-electron chi connectivity index (χ2n) is 4.09. The fourth-order valence-corrected chi connectivity index (χ4v) is 2.18. The molecule has 0 bridgehead atoms. The molecular weight excluding hydrogens is 203 g/mol. The van der Waals surface area contributed by atoms with Crippen LogP contribution in [0.15, 0.2) is 30.3 Å². The van der Waals surface area contributed by atoms with Crippen LogP contribution in [0.2, 0.25) is 0 Å². The van der Waals surface area contributed by atoms with E-state index in [9.17, 15) is 4.39 Å². The van der Waals surface area contributed by atoms with E-state index >= 15 is 0 Å². The molecule has 0 radical (unpaired) electrons. The minimum absolute atomic E-state index is 0.172. The number of H-pyrrole nitrogens is 1. The lowest BCUT2D eigenvalue weighted by atomic mass is 10.1. The third-order valence-corrected chi connectivity index (χ3v) is 3.02. The van der Waals surface area contributed by atoms with Crippen LogP contribution in [0.3, 0.4) is 0 Å². The van der Waals surface area contributed by atoms with Crippen LogP contribution in [0.5, 0.6) is 0 Å². The van der Waals surface area contributed by atoms with Gasteiger partial charge in [0.2, 0.25) is 0 Å². The Bertz CT molecular complexity index is 493. The molecule has 82 valence electrons. The molecule has 0 amide bonds. The Hall–Kier alpha value is -1.61. The SMILES string of the molecule is Fc1ccccc1-c1cc2c([nH]1)CCNC2. The first-order chi connectivity index (χ1) is 7.84. The van der Waals surface area contributed by atoms with Crippen molar-refractivity contribution in [3.8, 4) is 11.3 Å². The fourth-order valence-electron chi connectivity index (χ4n) is 2.18. The predicted molar refractivity (Wildman–Crippen MR) is 61.6 cm³/mol. The van der Waals surface area contributed by atoms with Crippen molar-refractivity contribution in [3.05, 3.63) is 47.4 Å². The van der Waals surface area contributed by atoms with E-state index < -0.39 is 0 Å². The molecule has 0 atom stereocenters. The topological polar surface area (TPSA) is 27.8 Å². The highest BCUT2D eigenvalue weighted by Crippen LogP contribution is 2.25. The molecule has 2 aromatic rings.